The highest BCUT2D eigenvalue weighted by Gasteiger charge is 2.39. The van der Waals surface area contributed by atoms with Crippen molar-refractivity contribution >= 4 is 17.4 Å². The van der Waals surface area contributed by atoms with E-state index in [2.05, 4.69) is 20.2 Å². The number of carbonyl (C=O) groups is 1. The Hall–Kier alpha value is -3.84. The summed E-state index contributed by atoms with van der Waals surface area (Å²) in [5, 5.41) is 18.7. The van der Waals surface area contributed by atoms with Crippen LogP contribution in [-0.4, -0.2) is 57.3 Å². The van der Waals surface area contributed by atoms with Crippen molar-refractivity contribution in [1.82, 2.24) is 34.1 Å². The molecule has 0 aliphatic heterocycles. The lowest BCUT2D eigenvalue weighted by Gasteiger charge is -2.20. The first-order valence-electron chi connectivity index (χ1n) is 13.2. The Morgan fingerprint density at radius 2 is 1.80 bits per heavy atom. The molecule has 41 heavy (non-hydrogen) atoms. The van der Waals surface area contributed by atoms with Crippen LogP contribution in [0.5, 0.6) is 0 Å². The number of aliphatic hydroxyl groups excluding tert-OH is 1. The average molecular weight is 590 g/mol. The molecule has 0 spiro atoms. The van der Waals surface area contributed by atoms with E-state index in [1.807, 2.05) is 0 Å². The first-order valence-corrected chi connectivity index (χ1v) is 13.5. The van der Waals surface area contributed by atoms with Crippen molar-refractivity contribution in [3.63, 3.8) is 0 Å². The number of aromatic nitrogens is 7. The monoisotopic (exact) mass is 589 g/mol. The van der Waals surface area contributed by atoms with Gasteiger partial charge in [0.1, 0.15) is 18.7 Å². The second-order valence-corrected chi connectivity index (χ2v) is 10.4. The molecule has 0 bridgehead atoms. The van der Waals surface area contributed by atoms with Gasteiger partial charge >= 0.3 is 11.9 Å². The molecule has 1 aromatic carbocycles. The minimum atomic E-state index is -4.93. The van der Waals surface area contributed by atoms with Gasteiger partial charge in [0, 0.05) is 22.7 Å². The van der Waals surface area contributed by atoms with Gasteiger partial charge in [-0.2, -0.15) is 13.2 Å². The summed E-state index contributed by atoms with van der Waals surface area (Å²) in [4.78, 5) is 34.7. The van der Waals surface area contributed by atoms with Crippen LogP contribution in [0.1, 0.15) is 43.6 Å². The van der Waals surface area contributed by atoms with Gasteiger partial charge in [-0.1, -0.05) is 30.9 Å². The molecule has 5 rings (SSSR count). The second kappa shape index (κ2) is 12.0. The second-order valence-electron chi connectivity index (χ2n) is 9.99. The van der Waals surface area contributed by atoms with E-state index in [9.17, 15) is 27.9 Å². The topological polar surface area (TPSA) is 121 Å². The summed E-state index contributed by atoms with van der Waals surface area (Å²) in [7, 11) is 0. The number of hydrogen-bond acceptors (Lipinski definition) is 7. The Morgan fingerprint density at radius 3 is 2.51 bits per heavy atom. The van der Waals surface area contributed by atoms with Gasteiger partial charge < -0.3 is 5.11 Å². The maximum atomic E-state index is 13.1. The molecule has 10 nitrogen and oxygen atoms in total. The van der Waals surface area contributed by atoms with Gasteiger partial charge in [-0.25, -0.2) is 19.1 Å². The number of aliphatic hydroxyl groups is 1. The summed E-state index contributed by atoms with van der Waals surface area (Å²) in [6, 6.07) is 9.51. The van der Waals surface area contributed by atoms with Gasteiger partial charge in [-0.05, 0) is 49.2 Å². The number of halogens is 4. The predicted molar refractivity (Wildman–Crippen MR) is 143 cm³/mol. The maximum Gasteiger partial charge on any atom is 0.416 e. The van der Waals surface area contributed by atoms with Crippen LogP contribution in [0, 0.1) is 5.92 Å². The van der Waals surface area contributed by atoms with Crippen molar-refractivity contribution in [3.8, 4) is 17.1 Å². The number of rotatable bonds is 9. The quantitative estimate of drug-likeness (QED) is 0.313. The van der Waals surface area contributed by atoms with Crippen molar-refractivity contribution in [1.29, 1.82) is 0 Å². The molecular formula is C27H27ClF3N7O3. The van der Waals surface area contributed by atoms with E-state index >= 15 is 0 Å². The van der Waals surface area contributed by atoms with Crippen LogP contribution in [0.2, 0.25) is 5.02 Å². The van der Waals surface area contributed by atoms with Crippen LogP contribution in [0.4, 0.5) is 13.2 Å². The van der Waals surface area contributed by atoms with E-state index in [0.29, 0.717) is 22.0 Å². The van der Waals surface area contributed by atoms with Gasteiger partial charge in [0.15, 0.2) is 17.8 Å². The SMILES string of the molecule is O=C(Cc1ncccc1-n1cnc(Cn2nc(-c3ccc(Cl)cc3)n(C[C@H](O)C(F)(F)F)c2=O)n1)C1CCCCC1. The van der Waals surface area contributed by atoms with Gasteiger partial charge in [-0.15, -0.1) is 10.2 Å². The number of hydrogen-bond donors (Lipinski definition) is 1. The molecule has 3 aromatic heterocycles. The highest BCUT2D eigenvalue weighted by molar-refractivity contribution is 6.30. The molecule has 1 aliphatic rings. The molecule has 0 unspecified atom stereocenters. The molecule has 1 atom stereocenters. The van der Waals surface area contributed by atoms with E-state index in [1.165, 1.54) is 35.3 Å². The van der Waals surface area contributed by atoms with Crippen LogP contribution in [0.25, 0.3) is 17.1 Å². The molecule has 1 aliphatic carbocycles. The third-order valence-electron chi connectivity index (χ3n) is 7.10. The molecule has 1 N–H and O–H groups in total. The van der Waals surface area contributed by atoms with Crippen LogP contribution in [0.3, 0.4) is 0 Å². The summed E-state index contributed by atoms with van der Waals surface area (Å²) in [5.41, 5.74) is 0.561. The van der Waals surface area contributed by atoms with E-state index in [4.69, 9.17) is 11.6 Å². The first-order chi connectivity index (χ1) is 19.6. The number of benzene rings is 1. The molecule has 4 aromatic rings. The Balaban J connectivity index is 1.41. The highest BCUT2D eigenvalue weighted by Crippen LogP contribution is 2.27. The summed E-state index contributed by atoms with van der Waals surface area (Å²) in [5.74, 6) is 0.241. The normalized spacial score (nSPS) is 15.2. The van der Waals surface area contributed by atoms with E-state index in [0.717, 1.165) is 41.4 Å². The van der Waals surface area contributed by atoms with Crippen molar-refractivity contribution in [2.75, 3.05) is 0 Å². The minimum absolute atomic E-state index is 0.0256. The number of carbonyl (C=O) groups excluding carboxylic acids is 1. The zero-order valence-electron chi connectivity index (χ0n) is 21.8. The zero-order chi connectivity index (χ0) is 29.1. The molecule has 0 amide bonds. The smallest absolute Gasteiger partial charge is 0.382 e. The first kappa shape index (κ1) is 28.7. The van der Waals surface area contributed by atoms with Gasteiger partial charge in [0.25, 0.3) is 0 Å². The minimum Gasteiger partial charge on any atom is -0.382 e. The number of alkyl halides is 3. The fourth-order valence-electron chi connectivity index (χ4n) is 4.93. The third kappa shape index (κ3) is 6.57. The molecule has 0 radical (unpaired) electrons. The molecule has 3 heterocycles. The van der Waals surface area contributed by atoms with Crippen molar-refractivity contribution in [2.24, 2.45) is 5.92 Å². The lowest BCUT2D eigenvalue weighted by atomic mass is 9.84. The van der Waals surface area contributed by atoms with Crippen LogP contribution >= 0.6 is 11.6 Å². The van der Waals surface area contributed by atoms with Crippen molar-refractivity contribution < 1.29 is 23.1 Å². The highest BCUT2D eigenvalue weighted by atomic mass is 35.5. The van der Waals surface area contributed by atoms with Gasteiger partial charge in [0.2, 0.25) is 0 Å². The Morgan fingerprint density at radius 1 is 1.07 bits per heavy atom. The Kier molecular flexibility index (Phi) is 8.36. The largest absolute Gasteiger partial charge is 0.416 e. The zero-order valence-corrected chi connectivity index (χ0v) is 22.6. The Bertz CT molecular complexity index is 1570. The van der Waals surface area contributed by atoms with E-state index in [1.54, 1.807) is 18.3 Å². The van der Waals surface area contributed by atoms with Crippen LogP contribution in [-0.2, 0) is 24.3 Å². The lowest BCUT2D eigenvalue weighted by molar-refractivity contribution is -0.207. The Labute approximate surface area is 237 Å². The number of nitrogens with zero attached hydrogens (tertiary/aromatic N) is 7. The molecule has 1 saturated carbocycles. The van der Waals surface area contributed by atoms with Gasteiger partial charge in [0.05, 0.1) is 24.3 Å². The summed E-state index contributed by atoms with van der Waals surface area (Å²) in [6.45, 7) is -1.30. The molecule has 14 heteroatoms. The maximum absolute atomic E-state index is 13.1. The molecule has 216 valence electrons. The number of pyridine rings is 1. The van der Waals surface area contributed by atoms with E-state index < -0.39 is 24.5 Å². The third-order valence-corrected chi connectivity index (χ3v) is 7.36. The fraction of sp³-hybridized carbons (Fsp3) is 0.407. The predicted octanol–water partition coefficient (Wildman–Crippen LogP) is 4.00. The van der Waals surface area contributed by atoms with Crippen molar-refractivity contribution in [3.05, 3.63) is 75.9 Å². The molecular weight excluding hydrogens is 563 g/mol. The summed E-state index contributed by atoms with van der Waals surface area (Å²) in [6.07, 6.45) is 0.463. The van der Waals surface area contributed by atoms with Crippen molar-refractivity contribution in [2.45, 2.75) is 63.9 Å². The summed E-state index contributed by atoms with van der Waals surface area (Å²) >= 11 is 5.93. The van der Waals surface area contributed by atoms with Crippen LogP contribution in [0.15, 0.2) is 53.7 Å². The van der Waals surface area contributed by atoms with Crippen LogP contribution < -0.4 is 5.69 Å². The standard InChI is InChI=1S/C27H27ClF3N7O3/c28-19-10-8-18(9-11-19)25-35-37(26(41)36(25)14-23(40)27(29,30)31)15-24-33-16-38(34-24)21-7-4-12-32-20(21)13-22(39)17-5-2-1-3-6-17/h4,7-12,16-17,23,40H,1-3,5-6,13-15H2/t23-/m0/s1. The van der Waals surface area contributed by atoms with E-state index in [-0.39, 0.29) is 36.3 Å². The van der Waals surface area contributed by atoms with Gasteiger partial charge in [-0.3, -0.25) is 14.3 Å². The lowest BCUT2D eigenvalue weighted by Crippen LogP contribution is -2.37. The molecule has 1 fully saturated rings. The number of Topliss-reactive ketones (excluding diaryl/α,β-unsaturated/α-hetero) is 1. The fourth-order valence-corrected chi connectivity index (χ4v) is 5.05. The molecule has 0 saturated heterocycles. The number of ketones is 1. The average Bonchev–Trinajstić information content (AvgIpc) is 3.54. The summed E-state index contributed by atoms with van der Waals surface area (Å²) < 4.78 is 42.5.